The predicted octanol–water partition coefficient (Wildman–Crippen LogP) is 1.65. The van der Waals surface area contributed by atoms with Crippen molar-refractivity contribution in [3.63, 3.8) is 0 Å². The van der Waals surface area contributed by atoms with Crippen LogP contribution in [-0.4, -0.2) is 21.8 Å². The fourth-order valence-corrected chi connectivity index (χ4v) is 1.98. The standard InChI is InChI=1S/C9H12N2O2S/c1-8-3-4-9(7-10-8)14(13)6-2-5-11-12/h3-4,7H,2,5-6H2,1H3. The summed E-state index contributed by atoms with van der Waals surface area (Å²) < 4.78 is 11.6. The van der Waals surface area contributed by atoms with E-state index < -0.39 is 11.2 Å². The van der Waals surface area contributed by atoms with E-state index in [9.17, 15) is 9.46 Å². The quantitative estimate of drug-likeness (QED) is 0.423. The van der Waals surface area contributed by atoms with Gasteiger partial charge in [0.1, 0.15) is 5.75 Å². The predicted molar refractivity (Wildman–Crippen MR) is 55.5 cm³/mol. The first kappa shape index (κ1) is 11.1. The van der Waals surface area contributed by atoms with Crippen molar-refractivity contribution in [2.24, 2.45) is 5.18 Å². The van der Waals surface area contributed by atoms with E-state index in [4.69, 9.17) is 0 Å². The number of nitrogens with zero attached hydrogens (tertiary/aromatic N) is 2. The van der Waals surface area contributed by atoms with E-state index in [0.717, 1.165) is 5.69 Å². The van der Waals surface area contributed by atoms with E-state index in [-0.39, 0.29) is 6.54 Å². The normalized spacial score (nSPS) is 12.4. The van der Waals surface area contributed by atoms with E-state index in [1.54, 1.807) is 12.3 Å². The molecule has 0 aliphatic heterocycles. The van der Waals surface area contributed by atoms with Crippen molar-refractivity contribution in [2.75, 3.05) is 12.3 Å². The highest BCUT2D eigenvalue weighted by atomic mass is 32.2. The summed E-state index contributed by atoms with van der Waals surface area (Å²) in [6.07, 6.45) is 2.17. The number of aryl methyl sites for hydroxylation is 1. The van der Waals surface area contributed by atoms with Gasteiger partial charge in [-0.15, -0.1) is 0 Å². The Morgan fingerprint density at radius 3 is 2.93 bits per heavy atom. The first-order chi connectivity index (χ1) is 6.74. The minimum absolute atomic E-state index is 0.227. The lowest BCUT2D eigenvalue weighted by atomic mass is 10.4. The van der Waals surface area contributed by atoms with E-state index in [1.807, 2.05) is 13.0 Å². The van der Waals surface area contributed by atoms with Crippen LogP contribution in [0.15, 0.2) is 28.4 Å². The summed E-state index contributed by atoms with van der Waals surface area (Å²) in [5, 5.41) is 2.72. The molecule has 5 heteroatoms. The molecule has 0 aromatic carbocycles. The molecule has 0 bridgehead atoms. The smallest absolute Gasteiger partial charge is 0.170 e. The lowest BCUT2D eigenvalue weighted by Gasteiger charge is -2.08. The Kier molecular flexibility index (Phi) is 4.55. The third-order valence-corrected chi connectivity index (χ3v) is 3.15. The molecule has 0 saturated heterocycles. The summed E-state index contributed by atoms with van der Waals surface area (Å²) >= 11 is -1.05. The maximum atomic E-state index is 11.6. The topological polar surface area (TPSA) is 65.4 Å². The van der Waals surface area contributed by atoms with Crippen molar-refractivity contribution >= 4 is 11.2 Å². The molecule has 0 spiro atoms. The van der Waals surface area contributed by atoms with Crippen LogP contribution in [0.5, 0.6) is 0 Å². The van der Waals surface area contributed by atoms with Gasteiger partial charge in [-0.2, -0.15) is 4.91 Å². The molecule has 1 atom stereocenters. The van der Waals surface area contributed by atoms with Crippen molar-refractivity contribution in [3.8, 4) is 0 Å². The van der Waals surface area contributed by atoms with Crippen LogP contribution in [0.1, 0.15) is 12.1 Å². The third-order valence-electron chi connectivity index (χ3n) is 1.73. The van der Waals surface area contributed by atoms with Gasteiger partial charge in [0.15, 0.2) is 4.90 Å². The first-order valence-corrected chi connectivity index (χ1v) is 5.66. The Hall–Kier alpha value is -0.940. The van der Waals surface area contributed by atoms with Gasteiger partial charge in [-0.3, -0.25) is 4.98 Å². The highest BCUT2D eigenvalue weighted by molar-refractivity contribution is 7.91. The molecule has 1 heterocycles. The van der Waals surface area contributed by atoms with Crippen LogP contribution < -0.4 is 0 Å². The zero-order valence-corrected chi connectivity index (χ0v) is 8.79. The van der Waals surface area contributed by atoms with E-state index in [0.29, 0.717) is 17.1 Å². The van der Waals surface area contributed by atoms with Gasteiger partial charge < -0.3 is 4.55 Å². The molecule has 0 N–H and O–H groups in total. The Bertz CT molecular complexity index is 289. The summed E-state index contributed by atoms with van der Waals surface area (Å²) in [6, 6.07) is 3.62. The van der Waals surface area contributed by atoms with Crippen molar-refractivity contribution in [3.05, 3.63) is 28.9 Å². The SMILES string of the molecule is Cc1ccc([S+]([O-])CCCN=O)cn1. The second-order valence-electron chi connectivity index (χ2n) is 2.89. The average molecular weight is 212 g/mol. The molecular weight excluding hydrogens is 200 g/mol. The molecule has 0 fully saturated rings. The van der Waals surface area contributed by atoms with Crippen LogP contribution in [0.2, 0.25) is 0 Å². The van der Waals surface area contributed by atoms with E-state index in [2.05, 4.69) is 10.2 Å². The minimum atomic E-state index is -1.05. The number of rotatable bonds is 5. The largest absolute Gasteiger partial charge is 0.611 e. The zero-order valence-electron chi connectivity index (χ0n) is 7.97. The van der Waals surface area contributed by atoms with Crippen LogP contribution in [-0.2, 0) is 11.2 Å². The van der Waals surface area contributed by atoms with Gasteiger partial charge in [0, 0.05) is 12.1 Å². The van der Waals surface area contributed by atoms with Crippen molar-refractivity contribution in [1.29, 1.82) is 0 Å². The molecule has 1 unspecified atom stereocenters. The van der Waals surface area contributed by atoms with Crippen LogP contribution in [0.3, 0.4) is 0 Å². The number of hydrogen-bond donors (Lipinski definition) is 0. The molecule has 0 saturated carbocycles. The molecule has 1 rings (SSSR count). The maximum absolute atomic E-state index is 11.6. The molecule has 0 aliphatic carbocycles. The summed E-state index contributed by atoms with van der Waals surface area (Å²) in [5.41, 5.74) is 0.903. The number of aromatic nitrogens is 1. The summed E-state index contributed by atoms with van der Waals surface area (Å²) in [4.78, 5) is 14.6. The molecule has 4 nitrogen and oxygen atoms in total. The van der Waals surface area contributed by atoms with Crippen molar-refractivity contribution < 1.29 is 4.55 Å². The monoisotopic (exact) mass is 212 g/mol. The van der Waals surface area contributed by atoms with Gasteiger partial charge in [0.2, 0.25) is 0 Å². The molecule has 76 valence electrons. The highest BCUT2D eigenvalue weighted by Crippen LogP contribution is 2.10. The second kappa shape index (κ2) is 5.72. The van der Waals surface area contributed by atoms with Gasteiger partial charge in [-0.1, -0.05) is 5.18 Å². The van der Waals surface area contributed by atoms with Gasteiger partial charge >= 0.3 is 0 Å². The Morgan fingerprint density at radius 2 is 2.36 bits per heavy atom. The summed E-state index contributed by atoms with van der Waals surface area (Å²) in [6.45, 7) is 2.11. The van der Waals surface area contributed by atoms with Crippen molar-refractivity contribution in [1.82, 2.24) is 4.98 Å². The Morgan fingerprint density at radius 1 is 1.57 bits per heavy atom. The molecule has 1 aromatic heterocycles. The van der Waals surface area contributed by atoms with Gasteiger partial charge in [-0.05, 0) is 30.2 Å². The number of hydrogen-bond acceptors (Lipinski definition) is 4. The maximum Gasteiger partial charge on any atom is 0.170 e. The van der Waals surface area contributed by atoms with E-state index >= 15 is 0 Å². The lowest BCUT2D eigenvalue weighted by Crippen LogP contribution is -2.08. The van der Waals surface area contributed by atoms with Crippen LogP contribution in [0.4, 0.5) is 0 Å². The average Bonchev–Trinajstić information content (AvgIpc) is 2.19. The first-order valence-electron chi connectivity index (χ1n) is 4.34. The summed E-state index contributed by atoms with van der Waals surface area (Å²) in [5.74, 6) is 0.469. The molecule has 1 aromatic rings. The van der Waals surface area contributed by atoms with Gasteiger partial charge in [0.05, 0.1) is 12.7 Å². The van der Waals surface area contributed by atoms with Crippen LogP contribution in [0, 0.1) is 11.8 Å². The molecule has 0 radical (unpaired) electrons. The number of pyridine rings is 1. The molecule has 14 heavy (non-hydrogen) atoms. The lowest BCUT2D eigenvalue weighted by molar-refractivity contribution is 0.592. The van der Waals surface area contributed by atoms with E-state index in [1.165, 1.54) is 0 Å². The Balaban J connectivity index is 2.47. The minimum Gasteiger partial charge on any atom is -0.611 e. The Labute approximate surface area is 85.9 Å². The van der Waals surface area contributed by atoms with Crippen LogP contribution >= 0.6 is 0 Å². The number of nitroso groups, excluding NO2 is 1. The van der Waals surface area contributed by atoms with Crippen LogP contribution in [0.25, 0.3) is 0 Å². The molecule has 0 aliphatic rings. The molecule has 0 amide bonds. The zero-order chi connectivity index (χ0) is 10.4. The van der Waals surface area contributed by atoms with Gasteiger partial charge in [0.25, 0.3) is 0 Å². The third kappa shape index (κ3) is 3.43. The second-order valence-corrected chi connectivity index (χ2v) is 4.46. The fraction of sp³-hybridized carbons (Fsp3) is 0.444. The van der Waals surface area contributed by atoms with Gasteiger partial charge in [-0.25, -0.2) is 0 Å². The van der Waals surface area contributed by atoms with Crippen molar-refractivity contribution in [2.45, 2.75) is 18.2 Å². The summed E-state index contributed by atoms with van der Waals surface area (Å²) in [7, 11) is 0. The fourth-order valence-electron chi connectivity index (χ4n) is 0.967. The highest BCUT2D eigenvalue weighted by Gasteiger charge is 2.10. The molecular formula is C9H12N2O2S.